The van der Waals surface area contributed by atoms with Crippen LogP contribution in [0.1, 0.15) is 12.3 Å². The predicted octanol–water partition coefficient (Wildman–Crippen LogP) is 3.46. The molecular weight excluding hydrogens is 446 g/mol. The largest absolute Gasteiger partial charge is 0.441 e. The van der Waals surface area contributed by atoms with Crippen molar-refractivity contribution in [3.05, 3.63) is 66.2 Å². The molecule has 34 heavy (non-hydrogen) atoms. The maximum atomic E-state index is 13.9. The summed E-state index contributed by atoms with van der Waals surface area (Å²) in [4.78, 5) is 30.5. The molecule has 0 radical (unpaired) electrons. The maximum Gasteiger partial charge on any atom is 0.238 e. The normalized spacial score (nSPS) is 14.1. The first-order valence-corrected chi connectivity index (χ1v) is 10.9. The van der Waals surface area contributed by atoms with Crippen molar-refractivity contribution in [1.82, 2.24) is 9.88 Å². The average molecular weight is 470 g/mol. The Hall–Kier alpha value is -3.63. The summed E-state index contributed by atoms with van der Waals surface area (Å²) >= 11 is 0. The van der Waals surface area contributed by atoms with Crippen molar-refractivity contribution in [1.29, 1.82) is 0 Å². The van der Waals surface area contributed by atoms with E-state index in [0.717, 1.165) is 25.2 Å². The average Bonchev–Trinajstić information content (AvgIpc) is 3.28. The van der Waals surface area contributed by atoms with Crippen LogP contribution in [0.4, 0.5) is 20.2 Å². The number of hydrogen-bond acceptors (Lipinski definition) is 6. The monoisotopic (exact) mass is 470 g/mol. The van der Waals surface area contributed by atoms with Gasteiger partial charge in [-0.2, -0.15) is 0 Å². The highest BCUT2D eigenvalue weighted by Gasteiger charge is 2.17. The number of morpholine rings is 1. The molecule has 2 N–H and O–H groups in total. The molecule has 4 rings (SSSR count). The van der Waals surface area contributed by atoms with E-state index in [-0.39, 0.29) is 41.9 Å². The van der Waals surface area contributed by atoms with Crippen LogP contribution in [0.5, 0.6) is 0 Å². The fraction of sp³-hybridized carbons (Fsp3) is 0.292. The van der Waals surface area contributed by atoms with E-state index >= 15 is 0 Å². The number of ether oxygens (including phenoxy) is 1. The highest BCUT2D eigenvalue weighted by atomic mass is 19.1. The van der Waals surface area contributed by atoms with Gasteiger partial charge in [-0.15, -0.1) is 0 Å². The van der Waals surface area contributed by atoms with Crippen molar-refractivity contribution < 1.29 is 27.5 Å². The summed E-state index contributed by atoms with van der Waals surface area (Å²) in [5, 5.41) is 5.58. The van der Waals surface area contributed by atoms with Crippen LogP contribution in [-0.4, -0.2) is 54.5 Å². The standard InChI is InChI=1S/C24H24F2N4O4/c25-18-2-1-3-19(26)24(18)20-14-27-23(34-20)9-8-21(31)28-16-4-6-17(7-5-16)29-22(32)15-30-10-12-33-13-11-30/h1-7,14H,8-13,15H2,(H,28,31)(H,29,32). The van der Waals surface area contributed by atoms with Crippen LogP contribution in [0.2, 0.25) is 0 Å². The Labute approximate surface area is 194 Å². The summed E-state index contributed by atoms with van der Waals surface area (Å²) in [6, 6.07) is 10.3. The van der Waals surface area contributed by atoms with Crippen LogP contribution in [0.3, 0.4) is 0 Å². The predicted molar refractivity (Wildman–Crippen MR) is 121 cm³/mol. The van der Waals surface area contributed by atoms with E-state index in [0.29, 0.717) is 31.1 Å². The molecule has 0 bridgehead atoms. The third-order valence-electron chi connectivity index (χ3n) is 5.25. The number of anilines is 2. The summed E-state index contributed by atoms with van der Waals surface area (Å²) in [6.07, 6.45) is 1.47. The number of carbonyl (C=O) groups is 2. The fourth-order valence-corrected chi connectivity index (χ4v) is 3.52. The highest BCUT2D eigenvalue weighted by molar-refractivity contribution is 5.93. The van der Waals surface area contributed by atoms with Gasteiger partial charge in [-0.3, -0.25) is 14.5 Å². The molecule has 10 heteroatoms. The van der Waals surface area contributed by atoms with Crippen molar-refractivity contribution in [2.75, 3.05) is 43.5 Å². The summed E-state index contributed by atoms with van der Waals surface area (Å²) in [7, 11) is 0. The molecule has 1 saturated heterocycles. The van der Waals surface area contributed by atoms with Crippen LogP contribution in [0.15, 0.2) is 53.1 Å². The molecule has 2 aromatic carbocycles. The third-order valence-corrected chi connectivity index (χ3v) is 5.25. The van der Waals surface area contributed by atoms with Crippen LogP contribution < -0.4 is 10.6 Å². The van der Waals surface area contributed by atoms with Gasteiger partial charge in [-0.1, -0.05) is 6.07 Å². The van der Waals surface area contributed by atoms with Crippen molar-refractivity contribution >= 4 is 23.2 Å². The number of rotatable bonds is 8. The Morgan fingerprint density at radius 2 is 1.56 bits per heavy atom. The molecule has 178 valence electrons. The Bertz CT molecular complexity index is 1120. The van der Waals surface area contributed by atoms with Crippen molar-refractivity contribution in [3.8, 4) is 11.3 Å². The minimum atomic E-state index is -0.749. The van der Waals surface area contributed by atoms with Gasteiger partial charge in [0.25, 0.3) is 0 Å². The third kappa shape index (κ3) is 6.24. The number of carbonyl (C=O) groups excluding carboxylic acids is 2. The molecule has 2 heterocycles. The van der Waals surface area contributed by atoms with E-state index in [2.05, 4.69) is 15.6 Å². The number of oxazole rings is 1. The Kier molecular flexibility index (Phi) is 7.61. The van der Waals surface area contributed by atoms with Gasteiger partial charge in [0.1, 0.15) is 11.6 Å². The first-order chi connectivity index (χ1) is 16.5. The van der Waals surface area contributed by atoms with Crippen LogP contribution in [0, 0.1) is 11.6 Å². The zero-order valence-electron chi connectivity index (χ0n) is 18.4. The van der Waals surface area contributed by atoms with Gasteiger partial charge >= 0.3 is 0 Å². The lowest BCUT2D eigenvalue weighted by Gasteiger charge is -2.25. The van der Waals surface area contributed by atoms with E-state index in [1.165, 1.54) is 12.3 Å². The lowest BCUT2D eigenvalue weighted by molar-refractivity contribution is -0.118. The SMILES string of the molecule is O=C(CCc1ncc(-c2c(F)cccc2F)o1)Nc1ccc(NC(=O)CN2CCOCC2)cc1. The minimum absolute atomic E-state index is 0.0303. The number of aryl methyl sites for hydroxylation is 1. The molecule has 8 nitrogen and oxygen atoms in total. The van der Waals surface area contributed by atoms with Crippen LogP contribution >= 0.6 is 0 Å². The summed E-state index contributed by atoms with van der Waals surface area (Å²) in [6.45, 7) is 3.01. The molecule has 0 saturated carbocycles. The van der Waals surface area contributed by atoms with Crippen LogP contribution in [0.25, 0.3) is 11.3 Å². The number of benzene rings is 2. The van der Waals surface area contributed by atoms with Gasteiger partial charge in [0, 0.05) is 37.3 Å². The fourth-order valence-electron chi connectivity index (χ4n) is 3.52. The van der Waals surface area contributed by atoms with Gasteiger partial charge in [0.2, 0.25) is 11.8 Å². The van der Waals surface area contributed by atoms with Crippen molar-refractivity contribution in [2.24, 2.45) is 0 Å². The van der Waals surface area contributed by atoms with Gasteiger partial charge < -0.3 is 19.8 Å². The van der Waals surface area contributed by atoms with Gasteiger partial charge in [-0.05, 0) is 36.4 Å². The second-order valence-electron chi connectivity index (χ2n) is 7.78. The van der Waals surface area contributed by atoms with Gasteiger partial charge in [0.05, 0.1) is 31.5 Å². The molecule has 1 aliphatic rings. The second-order valence-corrected chi connectivity index (χ2v) is 7.78. The number of aromatic nitrogens is 1. The zero-order valence-corrected chi connectivity index (χ0v) is 18.4. The highest BCUT2D eigenvalue weighted by Crippen LogP contribution is 2.26. The smallest absolute Gasteiger partial charge is 0.238 e. The maximum absolute atomic E-state index is 13.9. The molecule has 0 unspecified atom stereocenters. The van der Waals surface area contributed by atoms with E-state index in [1.807, 2.05) is 4.90 Å². The second kappa shape index (κ2) is 11.0. The Morgan fingerprint density at radius 3 is 2.21 bits per heavy atom. The number of amides is 2. The number of nitrogens with one attached hydrogen (secondary N) is 2. The Balaban J connectivity index is 1.24. The molecular formula is C24H24F2N4O4. The molecule has 0 aliphatic carbocycles. The topological polar surface area (TPSA) is 96.7 Å². The van der Waals surface area contributed by atoms with E-state index < -0.39 is 11.6 Å². The first-order valence-electron chi connectivity index (χ1n) is 10.9. The number of nitrogens with zero attached hydrogens (tertiary/aromatic N) is 2. The minimum Gasteiger partial charge on any atom is -0.441 e. The Morgan fingerprint density at radius 1 is 0.941 bits per heavy atom. The first kappa shape index (κ1) is 23.5. The molecule has 2 amide bonds. The van der Waals surface area contributed by atoms with Gasteiger partial charge in [0.15, 0.2) is 11.7 Å². The number of halogens is 2. The molecule has 1 aliphatic heterocycles. The van der Waals surface area contributed by atoms with Gasteiger partial charge in [-0.25, -0.2) is 13.8 Å². The number of hydrogen-bond donors (Lipinski definition) is 2. The molecule has 3 aromatic rings. The van der Waals surface area contributed by atoms with E-state index in [1.54, 1.807) is 24.3 Å². The van der Waals surface area contributed by atoms with Crippen molar-refractivity contribution in [3.63, 3.8) is 0 Å². The lowest BCUT2D eigenvalue weighted by atomic mass is 10.1. The zero-order chi connectivity index (χ0) is 23.9. The van der Waals surface area contributed by atoms with Crippen LogP contribution in [-0.2, 0) is 20.7 Å². The molecule has 1 aromatic heterocycles. The summed E-state index contributed by atoms with van der Waals surface area (Å²) in [5.74, 6) is -1.72. The van der Waals surface area contributed by atoms with Crippen molar-refractivity contribution in [2.45, 2.75) is 12.8 Å². The lowest BCUT2D eigenvalue weighted by Crippen LogP contribution is -2.41. The molecule has 1 fully saturated rings. The van der Waals surface area contributed by atoms with E-state index in [9.17, 15) is 18.4 Å². The van der Waals surface area contributed by atoms with E-state index in [4.69, 9.17) is 9.15 Å². The summed E-state index contributed by atoms with van der Waals surface area (Å²) in [5.41, 5.74) is 0.907. The molecule has 0 atom stereocenters. The summed E-state index contributed by atoms with van der Waals surface area (Å²) < 4.78 is 38.5. The quantitative estimate of drug-likeness (QED) is 0.524. The molecule has 0 spiro atoms.